The molecule has 3 rings (SSSR count). The molecule has 5 heteroatoms. The Balaban J connectivity index is 1.60. The van der Waals surface area contributed by atoms with Crippen molar-refractivity contribution in [3.63, 3.8) is 0 Å². The van der Waals surface area contributed by atoms with E-state index in [0.717, 1.165) is 43.4 Å². The number of nitrogens with one attached hydrogen (secondary N) is 1. The zero-order valence-electron chi connectivity index (χ0n) is 12.7. The minimum atomic E-state index is 0.538. The predicted molar refractivity (Wildman–Crippen MR) is 86.7 cm³/mol. The monoisotopic (exact) mass is 293 g/mol. The molecule has 5 nitrogen and oxygen atoms in total. The standard InChI is InChI=1S/C17H19N5/c1-13-4-2-6-16(21-13)20-11-14-7-9-22(12-14)17-15(10-18)5-3-8-19-17/h2-6,8,14H,7,9,11-12H2,1H3,(H,20,21)/t14-/m1/s1. The van der Waals surface area contributed by atoms with Gasteiger partial charge in [-0.25, -0.2) is 9.97 Å². The van der Waals surface area contributed by atoms with E-state index in [-0.39, 0.29) is 0 Å². The van der Waals surface area contributed by atoms with Gasteiger partial charge in [0.25, 0.3) is 0 Å². The van der Waals surface area contributed by atoms with Crippen molar-refractivity contribution in [2.75, 3.05) is 29.9 Å². The van der Waals surface area contributed by atoms with Crippen LogP contribution in [0.5, 0.6) is 0 Å². The third-order valence-electron chi connectivity index (χ3n) is 3.95. The highest BCUT2D eigenvalue weighted by Gasteiger charge is 2.24. The molecule has 0 radical (unpaired) electrons. The van der Waals surface area contributed by atoms with E-state index < -0.39 is 0 Å². The Morgan fingerprint density at radius 1 is 1.36 bits per heavy atom. The Morgan fingerprint density at radius 2 is 2.27 bits per heavy atom. The van der Waals surface area contributed by atoms with Crippen LogP contribution in [0.1, 0.15) is 17.7 Å². The summed E-state index contributed by atoms with van der Waals surface area (Å²) >= 11 is 0. The topological polar surface area (TPSA) is 64.8 Å². The number of rotatable bonds is 4. The fourth-order valence-electron chi connectivity index (χ4n) is 2.82. The largest absolute Gasteiger partial charge is 0.370 e. The lowest BCUT2D eigenvalue weighted by atomic mass is 10.1. The molecule has 0 saturated carbocycles. The van der Waals surface area contributed by atoms with Crippen molar-refractivity contribution in [2.45, 2.75) is 13.3 Å². The number of nitrogens with zero attached hydrogens (tertiary/aromatic N) is 4. The Hall–Kier alpha value is -2.61. The summed E-state index contributed by atoms with van der Waals surface area (Å²) in [4.78, 5) is 11.0. The molecule has 1 aliphatic heterocycles. The smallest absolute Gasteiger partial charge is 0.146 e. The molecule has 0 unspecified atom stereocenters. The Kier molecular flexibility index (Phi) is 4.19. The van der Waals surface area contributed by atoms with Gasteiger partial charge in [0.1, 0.15) is 17.7 Å². The van der Waals surface area contributed by atoms with Crippen LogP contribution in [0.3, 0.4) is 0 Å². The van der Waals surface area contributed by atoms with Gasteiger partial charge >= 0.3 is 0 Å². The van der Waals surface area contributed by atoms with Crippen LogP contribution < -0.4 is 10.2 Å². The Labute approximate surface area is 130 Å². The highest BCUT2D eigenvalue weighted by atomic mass is 15.2. The maximum atomic E-state index is 9.19. The van der Waals surface area contributed by atoms with Crippen molar-refractivity contribution in [1.29, 1.82) is 5.26 Å². The number of nitriles is 1. The van der Waals surface area contributed by atoms with Gasteiger partial charge in [-0.05, 0) is 43.5 Å². The van der Waals surface area contributed by atoms with Crippen molar-refractivity contribution in [2.24, 2.45) is 5.92 Å². The summed E-state index contributed by atoms with van der Waals surface area (Å²) in [6, 6.07) is 11.8. The van der Waals surface area contributed by atoms with Crippen LogP contribution in [0.2, 0.25) is 0 Å². The number of hydrogen-bond donors (Lipinski definition) is 1. The molecule has 2 aromatic rings. The maximum Gasteiger partial charge on any atom is 0.146 e. The van der Waals surface area contributed by atoms with Gasteiger partial charge in [-0.3, -0.25) is 0 Å². The minimum absolute atomic E-state index is 0.538. The molecule has 0 aromatic carbocycles. The third-order valence-corrected chi connectivity index (χ3v) is 3.95. The van der Waals surface area contributed by atoms with Crippen LogP contribution in [-0.2, 0) is 0 Å². The van der Waals surface area contributed by atoms with Crippen molar-refractivity contribution in [1.82, 2.24) is 9.97 Å². The van der Waals surface area contributed by atoms with E-state index in [1.165, 1.54) is 0 Å². The second-order valence-electron chi connectivity index (χ2n) is 5.63. The molecule has 1 saturated heterocycles. The molecule has 0 spiro atoms. The number of anilines is 2. The molecule has 0 aliphatic carbocycles. The van der Waals surface area contributed by atoms with Gasteiger partial charge in [0.2, 0.25) is 0 Å². The van der Waals surface area contributed by atoms with Crippen LogP contribution in [0.25, 0.3) is 0 Å². The van der Waals surface area contributed by atoms with E-state index in [2.05, 4.69) is 26.3 Å². The zero-order chi connectivity index (χ0) is 15.4. The van der Waals surface area contributed by atoms with Crippen LogP contribution in [0, 0.1) is 24.2 Å². The van der Waals surface area contributed by atoms with Gasteiger partial charge in [-0.1, -0.05) is 6.07 Å². The Morgan fingerprint density at radius 3 is 3.09 bits per heavy atom. The molecule has 1 aliphatic rings. The highest BCUT2D eigenvalue weighted by Crippen LogP contribution is 2.24. The van der Waals surface area contributed by atoms with E-state index in [4.69, 9.17) is 0 Å². The minimum Gasteiger partial charge on any atom is -0.370 e. The summed E-state index contributed by atoms with van der Waals surface area (Å²) in [6.45, 7) is 4.75. The summed E-state index contributed by atoms with van der Waals surface area (Å²) in [7, 11) is 0. The summed E-state index contributed by atoms with van der Waals surface area (Å²) in [6.07, 6.45) is 2.85. The molecule has 1 N–H and O–H groups in total. The molecule has 22 heavy (non-hydrogen) atoms. The van der Waals surface area contributed by atoms with Crippen molar-refractivity contribution >= 4 is 11.6 Å². The summed E-state index contributed by atoms with van der Waals surface area (Å²) < 4.78 is 0. The molecular formula is C17H19N5. The molecule has 112 valence electrons. The zero-order valence-corrected chi connectivity index (χ0v) is 12.7. The molecular weight excluding hydrogens is 274 g/mol. The average Bonchev–Trinajstić information content (AvgIpc) is 3.02. The van der Waals surface area contributed by atoms with Gasteiger partial charge in [0.15, 0.2) is 0 Å². The van der Waals surface area contributed by atoms with E-state index >= 15 is 0 Å². The third kappa shape index (κ3) is 3.17. The van der Waals surface area contributed by atoms with E-state index in [9.17, 15) is 5.26 Å². The van der Waals surface area contributed by atoms with Crippen molar-refractivity contribution < 1.29 is 0 Å². The van der Waals surface area contributed by atoms with Crippen LogP contribution in [0.15, 0.2) is 36.5 Å². The van der Waals surface area contributed by atoms with Crippen LogP contribution in [0.4, 0.5) is 11.6 Å². The molecule has 1 atom stereocenters. The predicted octanol–water partition coefficient (Wildman–Crippen LogP) is 2.60. The number of pyridine rings is 2. The van der Waals surface area contributed by atoms with E-state index in [0.29, 0.717) is 11.5 Å². The van der Waals surface area contributed by atoms with Crippen molar-refractivity contribution in [3.05, 3.63) is 47.8 Å². The first-order valence-corrected chi connectivity index (χ1v) is 7.54. The van der Waals surface area contributed by atoms with Gasteiger partial charge in [-0.15, -0.1) is 0 Å². The van der Waals surface area contributed by atoms with Gasteiger partial charge in [-0.2, -0.15) is 5.26 Å². The molecule has 0 bridgehead atoms. The number of aryl methyl sites for hydroxylation is 1. The summed E-state index contributed by atoms with van der Waals surface area (Å²) in [5, 5.41) is 12.6. The molecule has 3 heterocycles. The van der Waals surface area contributed by atoms with Gasteiger partial charge < -0.3 is 10.2 Å². The first-order valence-electron chi connectivity index (χ1n) is 7.54. The summed E-state index contributed by atoms with van der Waals surface area (Å²) in [5.74, 6) is 2.27. The van der Waals surface area contributed by atoms with E-state index in [1.807, 2.05) is 31.2 Å². The lowest BCUT2D eigenvalue weighted by molar-refractivity contribution is 0.620. The summed E-state index contributed by atoms with van der Waals surface area (Å²) in [5.41, 5.74) is 1.67. The molecule has 2 aromatic heterocycles. The van der Waals surface area contributed by atoms with Gasteiger partial charge in [0.05, 0.1) is 5.56 Å². The van der Waals surface area contributed by atoms with E-state index in [1.54, 1.807) is 12.3 Å². The lowest BCUT2D eigenvalue weighted by Gasteiger charge is -2.18. The average molecular weight is 293 g/mol. The Bertz CT molecular complexity index is 691. The molecule has 1 fully saturated rings. The first kappa shape index (κ1) is 14.3. The first-order chi connectivity index (χ1) is 10.8. The van der Waals surface area contributed by atoms with Crippen LogP contribution >= 0.6 is 0 Å². The fourth-order valence-corrected chi connectivity index (χ4v) is 2.82. The second-order valence-corrected chi connectivity index (χ2v) is 5.63. The fraction of sp³-hybridized carbons (Fsp3) is 0.353. The van der Waals surface area contributed by atoms with Gasteiger partial charge in [0, 0.05) is 31.5 Å². The number of aromatic nitrogens is 2. The quantitative estimate of drug-likeness (QED) is 0.938. The number of hydrogen-bond acceptors (Lipinski definition) is 5. The highest BCUT2D eigenvalue weighted by molar-refractivity contribution is 5.54. The van der Waals surface area contributed by atoms with Crippen LogP contribution in [-0.4, -0.2) is 29.6 Å². The second kappa shape index (κ2) is 6.44. The van der Waals surface area contributed by atoms with Crippen molar-refractivity contribution in [3.8, 4) is 6.07 Å². The molecule has 0 amide bonds. The SMILES string of the molecule is Cc1cccc(NC[C@H]2CCN(c3ncccc3C#N)C2)n1. The lowest BCUT2D eigenvalue weighted by Crippen LogP contribution is -2.24. The normalized spacial score (nSPS) is 17.3. The maximum absolute atomic E-state index is 9.19.